The Labute approximate surface area is 155 Å². The minimum atomic E-state index is -0.489. The Kier molecular flexibility index (Phi) is 4.00. The second-order valence-corrected chi connectivity index (χ2v) is 7.70. The molecule has 0 fully saturated rings. The third kappa shape index (κ3) is 2.76. The van der Waals surface area contributed by atoms with Crippen molar-refractivity contribution in [3.8, 4) is 5.69 Å². The number of rotatable bonds is 3. The van der Waals surface area contributed by atoms with Crippen LogP contribution in [-0.2, 0) is 4.79 Å². The number of Topliss-reactive ketones (excluding diaryl/α,β-unsaturated/α-hetero) is 1. The lowest BCUT2D eigenvalue weighted by Crippen LogP contribution is -2.28. The number of hydrogen-bond acceptors (Lipinski definition) is 4. The van der Waals surface area contributed by atoms with Gasteiger partial charge >= 0.3 is 0 Å². The van der Waals surface area contributed by atoms with Crippen LogP contribution in [0.5, 0.6) is 0 Å². The van der Waals surface area contributed by atoms with E-state index in [-0.39, 0.29) is 18.1 Å². The molecule has 4 rings (SSSR count). The Morgan fingerprint density at radius 2 is 1.96 bits per heavy atom. The van der Waals surface area contributed by atoms with Crippen molar-refractivity contribution in [3.05, 3.63) is 63.0 Å². The molecule has 1 aliphatic heterocycles. The van der Waals surface area contributed by atoms with Crippen molar-refractivity contribution >= 4 is 28.8 Å². The van der Waals surface area contributed by atoms with E-state index in [1.807, 2.05) is 50.4 Å². The van der Waals surface area contributed by atoms with Gasteiger partial charge in [-0.3, -0.25) is 9.59 Å². The summed E-state index contributed by atoms with van der Waals surface area (Å²) in [6.07, 6.45) is 0.156. The number of amides is 1. The van der Waals surface area contributed by atoms with Gasteiger partial charge in [0.05, 0.1) is 22.2 Å². The normalized spacial score (nSPS) is 16.3. The standard InChI is InChI=1S/C20H19N3O2S/c1-11-7-12(2)9-14(8-11)23-20-18(13(3)22-23)15(10-17(24)21-20)19(25)16-5-4-6-26-16/h4-9,15H,10H2,1-3H3,(H,21,24). The highest BCUT2D eigenvalue weighted by Gasteiger charge is 2.36. The highest BCUT2D eigenvalue weighted by atomic mass is 32.1. The van der Waals surface area contributed by atoms with Gasteiger partial charge in [0.25, 0.3) is 0 Å². The molecule has 0 bridgehead atoms. The molecule has 1 N–H and O–H groups in total. The highest BCUT2D eigenvalue weighted by molar-refractivity contribution is 7.12. The van der Waals surface area contributed by atoms with Crippen LogP contribution in [-0.4, -0.2) is 21.5 Å². The summed E-state index contributed by atoms with van der Waals surface area (Å²) in [6.45, 7) is 5.95. The molecular weight excluding hydrogens is 346 g/mol. The summed E-state index contributed by atoms with van der Waals surface area (Å²) in [6, 6.07) is 9.80. The van der Waals surface area contributed by atoms with Crippen molar-refractivity contribution < 1.29 is 9.59 Å². The van der Waals surface area contributed by atoms with Gasteiger partial charge in [0, 0.05) is 12.0 Å². The van der Waals surface area contributed by atoms with Gasteiger partial charge in [-0.2, -0.15) is 5.10 Å². The predicted octanol–water partition coefficient (Wildman–Crippen LogP) is 4.17. The maximum absolute atomic E-state index is 13.0. The Morgan fingerprint density at radius 1 is 1.23 bits per heavy atom. The van der Waals surface area contributed by atoms with E-state index in [1.54, 1.807) is 4.68 Å². The second-order valence-electron chi connectivity index (χ2n) is 6.75. The number of benzene rings is 1. The van der Waals surface area contributed by atoms with Crippen molar-refractivity contribution in [3.63, 3.8) is 0 Å². The number of aryl methyl sites for hydroxylation is 3. The Balaban J connectivity index is 1.86. The number of carbonyl (C=O) groups is 2. The van der Waals surface area contributed by atoms with E-state index < -0.39 is 5.92 Å². The summed E-state index contributed by atoms with van der Waals surface area (Å²) in [4.78, 5) is 26.0. The van der Waals surface area contributed by atoms with E-state index in [2.05, 4.69) is 16.5 Å². The number of nitrogens with one attached hydrogen (secondary N) is 1. The van der Waals surface area contributed by atoms with Gasteiger partial charge < -0.3 is 5.32 Å². The van der Waals surface area contributed by atoms with Crippen LogP contribution in [0.2, 0.25) is 0 Å². The Bertz CT molecular complexity index is 998. The second kappa shape index (κ2) is 6.21. The molecule has 3 aromatic rings. The molecule has 1 amide bonds. The highest BCUT2D eigenvalue weighted by Crippen LogP contribution is 2.38. The summed E-state index contributed by atoms with van der Waals surface area (Å²) in [5, 5.41) is 9.45. The minimum absolute atomic E-state index is 0.0147. The third-order valence-electron chi connectivity index (χ3n) is 4.63. The monoisotopic (exact) mass is 365 g/mol. The number of carbonyl (C=O) groups excluding carboxylic acids is 2. The number of aromatic nitrogens is 2. The molecule has 0 saturated heterocycles. The van der Waals surface area contributed by atoms with E-state index >= 15 is 0 Å². The molecule has 0 spiro atoms. The van der Waals surface area contributed by atoms with Crippen molar-refractivity contribution in [1.29, 1.82) is 0 Å². The average Bonchev–Trinajstić information content (AvgIpc) is 3.21. The number of ketones is 1. The zero-order valence-electron chi connectivity index (χ0n) is 14.9. The zero-order chi connectivity index (χ0) is 18.4. The summed E-state index contributed by atoms with van der Waals surface area (Å²) >= 11 is 1.41. The van der Waals surface area contributed by atoms with E-state index in [0.29, 0.717) is 10.7 Å². The Morgan fingerprint density at radius 3 is 2.62 bits per heavy atom. The molecular formula is C20H19N3O2S. The molecule has 0 aliphatic carbocycles. The molecule has 6 heteroatoms. The third-order valence-corrected chi connectivity index (χ3v) is 5.52. The number of anilines is 1. The fourth-order valence-corrected chi connectivity index (χ4v) is 4.34. The van der Waals surface area contributed by atoms with Gasteiger partial charge in [-0.15, -0.1) is 11.3 Å². The van der Waals surface area contributed by atoms with Gasteiger partial charge in [-0.25, -0.2) is 4.68 Å². The summed E-state index contributed by atoms with van der Waals surface area (Å²) in [5.74, 6) is -0.0483. The molecule has 132 valence electrons. The molecule has 0 radical (unpaired) electrons. The lowest BCUT2D eigenvalue weighted by atomic mass is 9.87. The van der Waals surface area contributed by atoms with E-state index in [9.17, 15) is 9.59 Å². The number of nitrogens with zero attached hydrogens (tertiary/aromatic N) is 2. The van der Waals surface area contributed by atoms with Crippen LogP contribution >= 0.6 is 11.3 Å². The maximum atomic E-state index is 13.0. The number of fused-ring (bicyclic) bond motifs is 1. The fraction of sp³-hybridized carbons (Fsp3) is 0.250. The topological polar surface area (TPSA) is 64.0 Å². The van der Waals surface area contributed by atoms with Gasteiger partial charge in [-0.1, -0.05) is 12.1 Å². The summed E-state index contributed by atoms with van der Waals surface area (Å²) in [5.41, 5.74) is 4.72. The summed E-state index contributed by atoms with van der Waals surface area (Å²) in [7, 11) is 0. The largest absolute Gasteiger partial charge is 0.310 e. The van der Waals surface area contributed by atoms with Crippen molar-refractivity contribution in [2.24, 2.45) is 0 Å². The molecule has 1 unspecified atom stereocenters. The minimum Gasteiger partial charge on any atom is -0.310 e. The van der Waals surface area contributed by atoms with E-state index in [1.165, 1.54) is 11.3 Å². The smallest absolute Gasteiger partial charge is 0.226 e. The van der Waals surface area contributed by atoms with Crippen LogP contribution < -0.4 is 5.32 Å². The van der Waals surface area contributed by atoms with Crippen molar-refractivity contribution in [2.75, 3.05) is 5.32 Å². The van der Waals surface area contributed by atoms with Crippen LogP contribution in [0.25, 0.3) is 5.69 Å². The SMILES string of the molecule is Cc1cc(C)cc(-n2nc(C)c3c2NC(=O)CC3C(=O)c2cccs2)c1. The lowest BCUT2D eigenvalue weighted by molar-refractivity contribution is -0.116. The van der Waals surface area contributed by atoms with Crippen molar-refractivity contribution in [2.45, 2.75) is 33.1 Å². The maximum Gasteiger partial charge on any atom is 0.226 e. The fourth-order valence-electron chi connectivity index (χ4n) is 3.62. The molecule has 1 atom stereocenters. The number of hydrogen-bond donors (Lipinski definition) is 1. The van der Waals surface area contributed by atoms with E-state index in [4.69, 9.17) is 0 Å². The quantitative estimate of drug-likeness (QED) is 0.709. The van der Waals surface area contributed by atoms with Gasteiger partial charge in [0.1, 0.15) is 5.82 Å². The molecule has 2 aromatic heterocycles. The predicted molar refractivity (Wildman–Crippen MR) is 102 cm³/mol. The zero-order valence-corrected chi connectivity index (χ0v) is 15.7. The first kappa shape index (κ1) is 16.7. The number of thiophene rings is 1. The first-order valence-corrected chi connectivity index (χ1v) is 9.38. The molecule has 1 aromatic carbocycles. The molecule has 3 heterocycles. The van der Waals surface area contributed by atoms with Crippen molar-refractivity contribution in [1.82, 2.24) is 9.78 Å². The molecule has 26 heavy (non-hydrogen) atoms. The van der Waals surface area contributed by atoms with Crippen LogP contribution in [0.4, 0.5) is 5.82 Å². The van der Waals surface area contributed by atoms with Crippen LogP contribution in [0.1, 0.15) is 44.4 Å². The van der Waals surface area contributed by atoms with E-state index in [0.717, 1.165) is 28.1 Å². The molecule has 5 nitrogen and oxygen atoms in total. The van der Waals surface area contributed by atoms with Gasteiger partial charge in [0.15, 0.2) is 5.78 Å². The Hall–Kier alpha value is -2.73. The van der Waals surface area contributed by atoms with Crippen LogP contribution in [0, 0.1) is 20.8 Å². The van der Waals surface area contributed by atoms with Gasteiger partial charge in [-0.05, 0) is 55.5 Å². The molecule has 1 aliphatic rings. The van der Waals surface area contributed by atoms with Crippen LogP contribution in [0.3, 0.4) is 0 Å². The summed E-state index contributed by atoms with van der Waals surface area (Å²) < 4.78 is 1.75. The van der Waals surface area contributed by atoms with Crippen LogP contribution in [0.15, 0.2) is 35.7 Å². The average molecular weight is 365 g/mol. The lowest BCUT2D eigenvalue weighted by Gasteiger charge is -2.22. The van der Waals surface area contributed by atoms with Gasteiger partial charge in [0.2, 0.25) is 5.91 Å². The first-order valence-electron chi connectivity index (χ1n) is 8.50. The molecule has 0 saturated carbocycles. The first-order chi connectivity index (χ1) is 12.4.